The fourth-order valence-electron chi connectivity index (χ4n) is 5.63. The van der Waals surface area contributed by atoms with Crippen LogP contribution in [0, 0.1) is 10.8 Å². The van der Waals surface area contributed by atoms with Gasteiger partial charge in [0.25, 0.3) is 11.8 Å². The third kappa shape index (κ3) is 2.48. The minimum absolute atomic E-state index is 0.106. The molecule has 1 saturated heterocycles. The molecule has 1 aromatic carbocycles. The quantitative estimate of drug-likeness (QED) is 0.767. The first-order valence-corrected chi connectivity index (χ1v) is 9.39. The number of hydrogen-bond donors (Lipinski definition) is 0. The molecular formula is C21H26N2O3. The lowest BCUT2D eigenvalue weighted by Crippen LogP contribution is -2.51. The minimum atomic E-state index is -0.770. The molecule has 0 aromatic heterocycles. The van der Waals surface area contributed by atoms with Gasteiger partial charge in [-0.3, -0.25) is 19.3 Å². The molecule has 0 radical (unpaired) electrons. The lowest BCUT2D eigenvalue weighted by Gasteiger charge is -2.39. The fourth-order valence-corrected chi connectivity index (χ4v) is 5.63. The van der Waals surface area contributed by atoms with Gasteiger partial charge in [-0.25, -0.2) is 0 Å². The molecule has 2 heterocycles. The molecule has 4 rings (SSSR count). The zero-order valence-corrected chi connectivity index (χ0v) is 15.9. The second-order valence-electron chi connectivity index (χ2n) is 9.38. The second kappa shape index (κ2) is 5.41. The molecule has 1 aliphatic carbocycles. The Bertz CT molecular complexity index is 780. The number of carbonyl (C=O) groups excluding carboxylic acids is 3. The number of imide groups is 1. The summed E-state index contributed by atoms with van der Waals surface area (Å²) in [6.45, 7) is 9.17. The Morgan fingerprint density at radius 1 is 1.08 bits per heavy atom. The van der Waals surface area contributed by atoms with Crippen LogP contribution in [-0.4, -0.2) is 46.1 Å². The highest BCUT2D eigenvalue weighted by molar-refractivity contribution is 6.22. The third-order valence-corrected chi connectivity index (χ3v) is 6.27. The molecule has 2 aliphatic heterocycles. The number of hydrogen-bond acceptors (Lipinski definition) is 3. The summed E-state index contributed by atoms with van der Waals surface area (Å²) in [4.78, 5) is 41.7. The van der Waals surface area contributed by atoms with E-state index < -0.39 is 6.04 Å². The van der Waals surface area contributed by atoms with Crippen LogP contribution in [0.15, 0.2) is 24.3 Å². The number of likely N-dealkylation sites (tertiary alicyclic amines) is 1. The van der Waals surface area contributed by atoms with Crippen LogP contribution in [0.3, 0.4) is 0 Å². The van der Waals surface area contributed by atoms with Gasteiger partial charge in [-0.15, -0.1) is 0 Å². The van der Waals surface area contributed by atoms with Crippen molar-refractivity contribution in [1.29, 1.82) is 0 Å². The Balaban J connectivity index is 1.59. The molecule has 2 bridgehead atoms. The number of amides is 3. The molecule has 2 fully saturated rings. The summed E-state index contributed by atoms with van der Waals surface area (Å²) in [6, 6.07) is 6.22. The van der Waals surface area contributed by atoms with E-state index in [1.54, 1.807) is 31.2 Å². The van der Waals surface area contributed by atoms with Crippen molar-refractivity contribution < 1.29 is 14.4 Å². The summed E-state index contributed by atoms with van der Waals surface area (Å²) in [5.41, 5.74) is 1.13. The Labute approximate surface area is 154 Å². The fraction of sp³-hybridized carbons (Fsp3) is 0.571. The Morgan fingerprint density at radius 3 is 2.23 bits per heavy atom. The van der Waals surface area contributed by atoms with Crippen molar-refractivity contribution in [2.75, 3.05) is 6.54 Å². The molecule has 5 heteroatoms. The second-order valence-corrected chi connectivity index (χ2v) is 9.38. The predicted octanol–water partition coefficient (Wildman–Crippen LogP) is 3.10. The number of benzene rings is 1. The molecule has 3 amide bonds. The van der Waals surface area contributed by atoms with Crippen molar-refractivity contribution in [3.8, 4) is 0 Å². The maximum absolute atomic E-state index is 13.3. The van der Waals surface area contributed by atoms with Crippen molar-refractivity contribution in [2.45, 2.75) is 59.0 Å². The smallest absolute Gasteiger partial charge is 0.262 e. The summed E-state index contributed by atoms with van der Waals surface area (Å²) in [6.07, 6.45) is 3.09. The van der Waals surface area contributed by atoms with Crippen molar-refractivity contribution >= 4 is 17.7 Å². The van der Waals surface area contributed by atoms with E-state index in [-0.39, 0.29) is 34.6 Å². The van der Waals surface area contributed by atoms with E-state index in [0.717, 1.165) is 24.2 Å². The maximum Gasteiger partial charge on any atom is 0.262 e. The average Bonchev–Trinajstić information content (AvgIpc) is 2.96. The molecule has 138 valence electrons. The van der Waals surface area contributed by atoms with Crippen molar-refractivity contribution in [3.63, 3.8) is 0 Å². The van der Waals surface area contributed by atoms with Gasteiger partial charge >= 0.3 is 0 Å². The van der Waals surface area contributed by atoms with Gasteiger partial charge in [-0.05, 0) is 49.1 Å². The molecule has 1 aromatic rings. The summed E-state index contributed by atoms with van der Waals surface area (Å²) in [5, 5.41) is 0. The van der Waals surface area contributed by atoms with E-state index in [0.29, 0.717) is 17.7 Å². The first-order valence-electron chi connectivity index (χ1n) is 9.39. The van der Waals surface area contributed by atoms with Gasteiger partial charge in [0.1, 0.15) is 6.04 Å². The van der Waals surface area contributed by atoms with Crippen LogP contribution < -0.4 is 0 Å². The van der Waals surface area contributed by atoms with Crippen LogP contribution in [0.2, 0.25) is 0 Å². The standard InChI is InChI=1S/C21H26N2O3/c1-13(23-18(25)15-7-5-6-8-16(15)19(23)26)17(24)22-12-21(4)10-14(22)9-20(2,3)11-21/h5-8,13-14H,9-12H2,1-4H3/t13-,14+,21-/m1/s1. The van der Waals surface area contributed by atoms with Gasteiger partial charge < -0.3 is 4.90 Å². The topological polar surface area (TPSA) is 57.7 Å². The molecule has 0 N–H and O–H groups in total. The van der Waals surface area contributed by atoms with E-state index in [1.165, 1.54) is 0 Å². The van der Waals surface area contributed by atoms with Crippen molar-refractivity contribution in [2.24, 2.45) is 10.8 Å². The number of carbonyl (C=O) groups is 3. The predicted molar refractivity (Wildman–Crippen MR) is 97.6 cm³/mol. The molecule has 3 atom stereocenters. The number of fused-ring (bicyclic) bond motifs is 3. The van der Waals surface area contributed by atoms with E-state index in [4.69, 9.17) is 0 Å². The van der Waals surface area contributed by atoms with Gasteiger partial charge in [0, 0.05) is 12.6 Å². The number of nitrogens with zero attached hydrogens (tertiary/aromatic N) is 2. The summed E-state index contributed by atoms with van der Waals surface area (Å²) < 4.78 is 0. The van der Waals surface area contributed by atoms with Crippen molar-refractivity contribution in [1.82, 2.24) is 9.80 Å². The molecule has 1 saturated carbocycles. The average molecular weight is 354 g/mol. The lowest BCUT2D eigenvalue weighted by atomic mass is 9.65. The molecule has 3 aliphatic rings. The summed E-state index contributed by atoms with van der Waals surface area (Å²) in [7, 11) is 0. The van der Waals surface area contributed by atoms with E-state index in [9.17, 15) is 14.4 Å². The highest BCUT2D eigenvalue weighted by Gasteiger charge is 2.52. The van der Waals surface area contributed by atoms with Gasteiger partial charge in [0.2, 0.25) is 5.91 Å². The Hall–Kier alpha value is -2.17. The normalized spacial score (nSPS) is 30.5. The van der Waals surface area contributed by atoms with Gasteiger partial charge in [0.15, 0.2) is 0 Å². The molecule has 26 heavy (non-hydrogen) atoms. The molecular weight excluding hydrogens is 328 g/mol. The molecule has 5 nitrogen and oxygen atoms in total. The van der Waals surface area contributed by atoms with Gasteiger partial charge in [-0.2, -0.15) is 0 Å². The highest BCUT2D eigenvalue weighted by atomic mass is 16.2. The van der Waals surface area contributed by atoms with E-state index >= 15 is 0 Å². The first-order chi connectivity index (χ1) is 12.1. The van der Waals surface area contributed by atoms with Gasteiger partial charge in [0.05, 0.1) is 11.1 Å². The first kappa shape index (κ1) is 17.3. The summed E-state index contributed by atoms with van der Waals surface area (Å²) in [5.74, 6) is -0.828. The SMILES string of the molecule is C[C@H](C(=O)N1C[C@]2(C)C[C@@H]1CC(C)(C)C2)N1C(=O)c2ccccc2C1=O. The van der Waals surface area contributed by atoms with Crippen LogP contribution in [0.5, 0.6) is 0 Å². The molecule has 0 spiro atoms. The lowest BCUT2D eigenvalue weighted by molar-refractivity contribution is -0.136. The maximum atomic E-state index is 13.3. The third-order valence-electron chi connectivity index (χ3n) is 6.27. The summed E-state index contributed by atoms with van der Waals surface area (Å²) >= 11 is 0. The van der Waals surface area contributed by atoms with Crippen molar-refractivity contribution in [3.05, 3.63) is 35.4 Å². The van der Waals surface area contributed by atoms with Crippen LogP contribution in [0.4, 0.5) is 0 Å². The Kier molecular flexibility index (Phi) is 3.59. The van der Waals surface area contributed by atoms with Gasteiger partial charge in [-0.1, -0.05) is 32.9 Å². The number of rotatable bonds is 2. The zero-order valence-electron chi connectivity index (χ0n) is 15.9. The van der Waals surface area contributed by atoms with E-state index in [1.807, 2.05) is 4.90 Å². The van der Waals surface area contributed by atoms with Crippen LogP contribution in [-0.2, 0) is 4.79 Å². The zero-order chi connectivity index (χ0) is 18.9. The molecule has 0 unspecified atom stereocenters. The van der Waals surface area contributed by atoms with Crippen LogP contribution >= 0.6 is 0 Å². The minimum Gasteiger partial charge on any atom is -0.337 e. The van der Waals surface area contributed by atoms with Crippen LogP contribution in [0.1, 0.15) is 67.7 Å². The highest BCUT2D eigenvalue weighted by Crippen LogP contribution is 2.52. The van der Waals surface area contributed by atoms with Crippen LogP contribution in [0.25, 0.3) is 0 Å². The largest absolute Gasteiger partial charge is 0.337 e. The monoisotopic (exact) mass is 354 g/mol. The Morgan fingerprint density at radius 2 is 1.65 bits per heavy atom. The van der Waals surface area contributed by atoms with E-state index in [2.05, 4.69) is 20.8 Å².